The summed E-state index contributed by atoms with van der Waals surface area (Å²) in [4.78, 5) is 19.0. The molecule has 7 N–H and O–H groups in total. The van der Waals surface area contributed by atoms with Gasteiger partial charge in [-0.1, -0.05) is 52.3 Å². The molecule has 5 bridgehead atoms. The maximum Gasteiger partial charge on any atom is 0.189 e. The van der Waals surface area contributed by atoms with Crippen molar-refractivity contribution in [1.82, 2.24) is 10.6 Å². The topological polar surface area (TPSA) is 140 Å². The van der Waals surface area contributed by atoms with E-state index >= 15 is 0 Å². The Morgan fingerprint density at radius 2 is 2.04 bits per heavy atom. The Kier molecular flexibility index (Phi) is 10.1. The maximum absolute atomic E-state index is 14.2. The lowest BCUT2D eigenvalue weighted by Gasteiger charge is -2.57. The van der Waals surface area contributed by atoms with Crippen molar-refractivity contribution in [2.75, 3.05) is 32.6 Å². The molecule has 0 aromatic heterocycles. The predicted octanol–water partition coefficient (Wildman–Crippen LogP) is 5.06. The van der Waals surface area contributed by atoms with Gasteiger partial charge < -0.3 is 31.7 Å². The number of aliphatic hydroxyl groups is 3. The van der Waals surface area contributed by atoms with Crippen molar-refractivity contribution in [3.63, 3.8) is 0 Å². The van der Waals surface area contributed by atoms with Crippen LogP contribution in [0.15, 0.2) is 34.3 Å². The summed E-state index contributed by atoms with van der Waals surface area (Å²) in [6.45, 7) is 4.28. The van der Waals surface area contributed by atoms with Crippen LogP contribution in [0.2, 0.25) is 0 Å². The second-order valence-electron chi connectivity index (χ2n) is 15.9. The van der Waals surface area contributed by atoms with Crippen molar-refractivity contribution in [2.24, 2.45) is 45.2 Å². The van der Waals surface area contributed by atoms with Crippen LogP contribution in [0.5, 0.6) is 0 Å². The van der Waals surface area contributed by atoms with Gasteiger partial charge in [-0.3, -0.25) is 9.79 Å². The van der Waals surface area contributed by atoms with Crippen molar-refractivity contribution >= 4 is 33.3 Å². The number of hydrogen-bond acceptors (Lipinski definition) is 10. The first-order valence-corrected chi connectivity index (χ1v) is 20.9. The number of aliphatic imine (C=N–C) groups is 1. The summed E-state index contributed by atoms with van der Waals surface area (Å²) in [5.74, 6) is 3.28. The number of ketones is 1. The van der Waals surface area contributed by atoms with Gasteiger partial charge in [-0.2, -0.15) is 0 Å². The SMILES string of the molecule is CNCc1ccc(CO)c(C2CCC3SSCCC4(C)C5CC6=C(CCCC37NC(N)=NCC27)C(=O)CC64C(CCCO)C(CO)C5)c1. The Hall–Kier alpha value is -1.56. The highest BCUT2D eigenvalue weighted by molar-refractivity contribution is 8.77. The minimum atomic E-state index is -0.263. The summed E-state index contributed by atoms with van der Waals surface area (Å²) in [6, 6.07) is 6.52. The number of nitrogens with zero attached hydrogens (tertiary/aromatic N) is 1. The molecule has 9 unspecified atom stereocenters. The van der Waals surface area contributed by atoms with E-state index in [1.54, 1.807) is 0 Å². The van der Waals surface area contributed by atoms with E-state index in [-0.39, 0.29) is 59.9 Å². The van der Waals surface area contributed by atoms with E-state index in [0.29, 0.717) is 35.9 Å². The van der Waals surface area contributed by atoms with Gasteiger partial charge in [-0.15, -0.1) is 0 Å². The molecule has 0 saturated heterocycles. The van der Waals surface area contributed by atoms with Gasteiger partial charge in [-0.25, -0.2) is 0 Å². The fraction of sp³-hybridized carbons (Fsp3) is 0.737. The molecule has 1 aromatic carbocycles. The average Bonchev–Trinajstić information content (AvgIpc) is 3.41. The normalized spacial score (nSPS) is 39.4. The number of allylic oxidation sites excluding steroid dienone is 2. The molecule has 0 radical (unpaired) electrons. The van der Waals surface area contributed by atoms with E-state index in [1.165, 1.54) is 16.7 Å². The Morgan fingerprint density at radius 3 is 2.81 bits per heavy atom. The average molecular weight is 697 g/mol. The molecule has 2 spiro atoms. The molecule has 48 heavy (non-hydrogen) atoms. The maximum atomic E-state index is 14.2. The van der Waals surface area contributed by atoms with Crippen LogP contribution in [0, 0.1) is 34.5 Å². The molecule has 2 heterocycles. The molecule has 1 aromatic rings. The standard InChI is InChI=1S/C38H56N4O4S2/c1-36-12-14-47-48-34-10-9-27(29-15-23(19-40-2)7-8-24(29)21-44)32-20-41-35(39)42-38(32,34)11-3-5-28-31-17-26(36)16-25(22-45)30(6-4-13-43)37(31,36)18-33(28)46/h7-8,15,25-27,30,32,34,40,43-45H,3-6,9-14,16-22H2,1-2H3,(H3,39,41,42). The van der Waals surface area contributed by atoms with Crippen LogP contribution >= 0.6 is 21.6 Å². The molecule has 3 fully saturated rings. The third-order valence-electron chi connectivity index (χ3n) is 14.1. The summed E-state index contributed by atoms with van der Waals surface area (Å²) < 4.78 is 0. The molecular weight excluding hydrogens is 641 g/mol. The van der Waals surface area contributed by atoms with Crippen molar-refractivity contribution in [3.8, 4) is 0 Å². The monoisotopic (exact) mass is 696 g/mol. The minimum absolute atomic E-state index is 0.0181. The Morgan fingerprint density at radius 1 is 1.19 bits per heavy atom. The molecule has 10 heteroatoms. The number of aliphatic hydroxyl groups excluding tert-OH is 3. The molecule has 8 nitrogen and oxygen atoms in total. The third-order valence-corrected chi connectivity index (χ3v) is 17.1. The molecule has 3 saturated carbocycles. The second-order valence-corrected chi connectivity index (χ2v) is 18.6. The van der Waals surface area contributed by atoms with E-state index in [4.69, 9.17) is 10.7 Å². The lowest BCUT2D eigenvalue weighted by molar-refractivity contribution is -0.125. The minimum Gasteiger partial charge on any atom is -0.396 e. The zero-order valence-electron chi connectivity index (χ0n) is 28.8. The molecule has 7 rings (SSSR count). The second kappa shape index (κ2) is 13.9. The largest absolute Gasteiger partial charge is 0.396 e. The smallest absolute Gasteiger partial charge is 0.189 e. The molecule has 2 aliphatic heterocycles. The highest BCUT2D eigenvalue weighted by atomic mass is 33.1. The molecule has 4 aliphatic carbocycles. The molecule has 6 aliphatic rings. The first-order chi connectivity index (χ1) is 23.3. The molecular formula is C38H56N4O4S2. The molecule has 0 amide bonds. The number of guanidine groups is 1. The van der Waals surface area contributed by atoms with Crippen molar-refractivity contribution in [1.29, 1.82) is 0 Å². The van der Waals surface area contributed by atoms with Gasteiger partial charge >= 0.3 is 0 Å². The van der Waals surface area contributed by atoms with Gasteiger partial charge in [0.2, 0.25) is 0 Å². The summed E-state index contributed by atoms with van der Waals surface area (Å²) in [5.41, 5.74) is 12.1. The van der Waals surface area contributed by atoms with Crippen molar-refractivity contribution < 1.29 is 20.1 Å². The van der Waals surface area contributed by atoms with Crippen LogP contribution in [0.4, 0.5) is 0 Å². The lowest BCUT2D eigenvalue weighted by atomic mass is 9.47. The quantitative estimate of drug-likeness (QED) is 0.206. The number of hydrogen-bond donors (Lipinski definition) is 6. The zero-order valence-corrected chi connectivity index (χ0v) is 30.4. The summed E-state index contributed by atoms with van der Waals surface area (Å²) in [5, 5.41) is 38.4. The van der Waals surface area contributed by atoms with Crippen LogP contribution in [0.1, 0.15) is 100 Å². The van der Waals surface area contributed by atoms with E-state index in [0.717, 1.165) is 87.6 Å². The number of Topliss-reactive ketones (excluding diaryl/α,β-unsaturated/α-hetero) is 1. The van der Waals surface area contributed by atoms with Gasteiger partial charge in [0, 0.05) is 55.1 Å². The summed E-state index contributed by atoms with van der Waals surface area (Å²) in [7, 11) is 6.02. The van der Waals surface area contributed by atoms with Crippen LogP contribution in [-0.2, 0) is 17.9 Å². The van der Waals surface area contributed by atoms with Gasteiger partial charge in [0.1, 0.15) is 0 Å². The first kappa shape index (κ1) is 34.9. The van der Waals surface area contributed by atoms with Crippen molar-refractivity contribution in [2.45, 2.75) is 107 Å². The number of nitrogens with two attached hydrogens (primary N) is 1. The zero-order chi connectivity index (χ0) is 33.7. The highest BCUT2D eigenvalue weighted by Gasteiger charge is 2.69. The van der Waals surface area contributed by atoms with Crippen LogP contribution in [0.25, 0.3) is 0 Å². The first-order valence-electron chi connectivity index (χ1n) is 18.5. The summed E-state index contributed by atoms with van der Waals surface area (Å²) >= 11 is 0. The van der Waals surface area contributed by atoms with Crippen LogP contribution in [-0.4, -0.2) is 70.4 Å². The number of rotatable bonds is 8. The van der Waals surface area contributed by atoms with Gasteiger partial charge in [0.25, 0.3) is 0 Å². The number of carbonyl (C=O) groups is 1. The van der Waals surface area contributed by atoms with Crippen LogP contribution in [0.3, 0.4) is 0 Å². The van der Waals surface area contributed by atoms with E-state index in [1.807, 2.05) is 28.6 Å². The van der Waals surface area contributed by atoms with E-state index in [2.05, 4.69) is 35.8 Å². The summed E-state index contributed by atoms with van der Waals surface area (Å²) in [6.07, 6.45) is 9.97. The Labute approximate surface area is 294 Å². The van der Waals surface area contributed by atoms with Gasteiger partial charge in [-0.05, 0) is 123 Å². The van der Waals surface area contributed by atoms with Gasteiger partial charge in [0.15, 0.2) is 11.7 Å². The van der Waals surface area contributed by atoms with Gasteiger partial charge in [0.05, 0.1) is 12.1 Å². The predicted molar refractivity (Wildman–Crippen MR) is 196 cm³/mol. The number of nitrogens with one attached hydrogen (secondary N) is 2. The Balaban J connectivity index is 1.26. The molecule has 9 atom stereocenters. The highest BCUT2D eigenvalue weighted by Crippen LogP contribution is 2.75. The van der Waals surface area contributed by atoms with E-state index in [9.17, 15) is 20.1 Å². The van der Waals surface area contributed by atoms with Crippen LogP contribution < -0.4 is 16.4 Å². The van der Waals surface area contributed by atoms with Crippen molar-refractivity contribution in [3.05, 3.63) is 46.0 Å². The number of benzene rings is 1. The fourth-order valence-electron chi connectivity index (χ4n) is 12.0. The number of carbonyl (C=O) groups excluding carboxylic acids is 1. The molecule has 264 valence electrons. The van der Waals surface area contributed by atoms with E-state index < -0.39 is 0 Å². The Bertz CT molecular complexity index is 1450. The lowest BCUT2D eigenvalue weighted by Crippen LogP contribution is -2.67. The fourth-order valence-corrected chi connectivity index (χ4v) is 15.3. The third kappa shape index (κ3) is 5.42.